The number of carbonyl (C=O) groups is 1. The monoisotopic (exact) mass is 370 g/mol. The minimum atomic E-state index is -0.291. The van der Waals surface area contributed by atoms with Gasteiger partial charge in [-0.3, -0.25) is 9.59 Å². The summed E-state index contributed by atoms with van der Waals surface area (Å²) in [4.78, 5) is 26.6. The van der Waals surface area contributed by atoms with Gasteiger partial charge in [-0.05, 0) is 30.3 Å². The van der Waals surface area contributed by atoms with Gasteiger partial charge in [0, 0.05) is 35.9 Å². The highest BCUT2D eigenvalue weighted by molar-refractivity contribution is 5.90. The Labute approximate surface area is 158 Å². The fraction of sp³-hybridized carbons (Fsp3) is 0.450. The Balaban J connectivity index is 1.65. The summed E-state index contributed by atoms with van der Waals surface area (Å²) < 4.78 is 6.57. The van der Waals surface area contributed by atoms with E-state index < -0.39 is 0 Å². The van der Waals surface area contributed by atoms with Crippen molar-refractivity contribution in [3.63, 3.8) is 0 Å². The molecular formula is C20H26N4O3. The molecule has 1 aromatic heterocycles. The van der Waals surface area contributed by atoms with E-state index in [1.807, 2.05) is 45.0 Å². The zero-order chi connectivity index (χ0) is 19.4. The van der Waals surface area contributed by atoms with Gasteiger partial charge in [-0.2, -0.15) is 5.10 Å². The zero-order valence-corrected chi connectivity index (χ0v) is 16.1. The number of carbonyl (C=O) groups excluding carboxylic acids is 1. The standard InChI is InChI=1S/C20H26N4O3/c1-20(2,3)17-8-9-19(26)24(22-17)14-18(25)21-15-4-6-16(7-5-15)23-10-12-27-13-11-23/h4-9H,10-14H2,1-3H3,(H,21,25). The van der Waals surface area contributed by atoms with Gasteiger partial charge in [0.2, 0.25) is 5.91 Å². The predicted octanol–water partition coefficient (Wildman–Crippen LogP) is 2.02. The average molecular weight is 370 g/mol. The first-order valence-electron chi connectivity index (χ1n) is 9.14. The van der Waals surface area contributed by atoms with Gasteiger partial charge in [-0.25, -0.2) is 4.68 Å². The van der Waals surface area contributed by atoms with Gasteiger partial charge >= 0.3 is 0 Å². The van der Waals surface area contributed by atoms with Gasteiger partial charge in [-0.1, -0.05) is 20.8 Å². The van der Waals surface area contributed by atoms with Crippen molar-refractivity contribution in [2.45, 2.75) is 32.7 Å². The van der Waals surface area contributed by atoms with E-state index in [2.05, 4.69) is 15.3 Å². The topological polar surface area (TPSA) is 76.5 Å². The first-order chi connectivity index (χ1) is 12.8. The summed E-state index contributed by atoms with van der Waals surface area (Å²) in [5.74, 6) is -0.283. The van der Waals surface area contributed by atoms with Crippen molar-refractivity contribution in [3.8, 4) is 0 Å². The second kappa shape index (κ2) is 7.92. The van der Waals surface area contributed by atoms with Crippen LogP contribution >= 0.6 is 0 Å². The van der Waals surface area contributed by atoms with E-state index in [0.29, 0.717) is 5.69 Å². The van der Waals surface area contributed by atoms with Crippen LogP contribution < -0.4 is 15.8 Å². The molecule has 27 heavy (non-hydrogen) atoms. The number of nitrogens with one attached hydrogen (secondary N) is 1. The number of benzene rings is 1. The molecule has 7 nitrogen and oxygen atoms in total. The SMILES string of the molecule is CC(C)(C)c1ccc(=O)n(CC(=O)Nc2ccc(N3CCOCC3)cc2)n1. The summed E-state index contributed by atoms with van der Waals surface area (Å²) in [5, 5.41) is 7.15. The van der Waals surface area contributed by atoms with E-state index >= 15 is 0 Å². The molecule has 2 aromatic rings. The minimum Gasteiger partial charge on any atom is -0.378 e. The molecule has 1 fully saturated rings. The van der Waals surface area contributed by atoms with Crippen molar-refractivity contribution in [2.24, 2.45) is 0 Å². The normalized spacial score (nSPS) is 14.9. The second-order valence-electron chi connectivity index (χ2n) is 7.66. The largest absolute Gasteiger partial charge is 0.378 e. The van der Waals surface area contributed by atoms with Gasteiger partial charge in [0.15, 0.2) is 0 Å². The van der Waals surface area contributed by atoms with Crippen LogP contribution in [-0.4, -0.2) is 42.0 Å². The molecule has 1 amide bonds. The molecular weight excluding hydrogens is 344 g/mol. The van der Waals surface area contributed by atoms with Crippen molar-refractivity contribution in [1.82, 2.24) is 9.78 Å². The fourth-order valence-electron chi connectivity index (χ4n) is 2.88. The van der Waals surface area contributed by atoms with Crippen LogP contribution in [0.4, 0.5) is 11.4 Å². The number of amides is 1. The van der Waals surface area contributed by atoms with Crippen LogP contribution in [0.2, 0.25) is 0 Å². The van der Waals surface area contributed by atoms with E-state index in [4.69, 9.17) is 4.74 Å². The summed E-state index contributed by atoms with van der Waals surface area (Å²) in [7, 11) is 0. The predicted molar refractivity (Wildman–Crippen MR) is 105 cm³/mol. The summed E-state index contributed by atoms with van der Waals surface area (Å²) in [5.41, 5.74) is 2.08. The smallest absolute Gasteiger partial charge is 0.267 e. The van der Waals surface area contributed by atoms with Crippen LogP contribution in [-0.2, 0) is 21.5 Å². The lowest BCUT2D eigenvalue weighted by atomic mass is 9.92. The number of nitrogens with zero attached hydrogens (tertiary/aromatic N) is 3. The summed E-state index contributed by atoms with van der Waals surface area (Å²) in [6.45, 7) is 9.12. The number of hydrogen-bond donors (Lipinski definition) is 1. The first kappa shape index (κ1) is 19.1. The zero-order valence-electron chi connectivity index (χ0n) is 16.1. The maximum absolute atomic E-state index is 12.3. The van der Waals surface area contributed by atoms with Crippen LogP contribution in [0.1, 0.15) is 26.5 Å². The Kier molecular flexibility index (Phi) is 5.60. The highest BCUT2D eigenvalue weighted by atomic mass is 16.5. The third-order valence-electron chi connectivity index (χ3n) is 4.46. The van der Waals surface area contributed by atoms with Crippen molar-refractivity contribution >= 4 is 17.3 Å². The van der Waals surface area contributed by atoms with E-state index in [0.717, 1.165) is 37.7 Å². The Morgan fingerprint density at radius 3 is 2.41 bits per heavy atom. The lowest BCUT2D eigenvalue weighted by Gasteiger charge is -2.28. The lowest BCUT2D eigenvalue weighted by molar-refractivity contribution is -0.117. The Morgan fingerprint density at radius 1 is 1.11 bits per heavy atom. The average Bonchev–Trinajstić information content (AvgIpc) is 2.64. The molecule has 0 atom stereocenters. The summed E-state index contributed by atoms with van der Waals surface area (Å²) in [6, 6.07) is 10.9. The molecule has 0 saturated carbocycles. The lowest BCUT2D eigenvalue weighted by Crippen LogP contribution is -2.36. The van der Waals surface area contributed by atoms with Gasteiger partial charge in [0.05, 0.1) is 18.9 Å². The minimum absolute atomic E-state index is 0.117. The molecule has 0 spiro atoms. The Morgan fingerprint density at radius 2 is 1.78 bits per heavy atom. The summed E-state index contributed by atoms with van der Waals surface area (Å²) >= 11 is 0. The molecule has 0 aliphatic carbocycles. The maximum Gasteiger partial charge on any atom is 0.267 e. The fourth-order valence-corrected chi connectivity index (χ4v) is 2.88. The van der Waals surface area contributed by atoms with Gasteiger partial charge in [0.1, 0.15) is 6.54 Å². The number of aromatic nitrogens is 2. The quantitative estimate of drug-likeness (QED) is 0.891. The summed E-state index contributed by atoms with van der Waals surface area (Å²) in [6.07, 6.45) is 0. The third-order valence-corrected chi connectivity index (χ3v) is 4.46. The Hall–Kier alpha value is -2.67. The molecule has 2 heterocycles. The highest BCUT2D eigenvalue weighted by Gasteiger charge is 2.17. The van der Waals surface area contributed by atoms with Gasteiger partial charge < -0.3 is 15.0 Å². The number of ether oxygens (including phenoxy) is 1. The number of rotatable bonds is 4. The second-order valence-corrected chi connectivity index (χ2v) is 7.66. The van der Waals surface area contributed by atoms with E-state index in [1.54, 1.807) is 6.07 Å². The van der Waals surface area contributed by atoms with Crippen molar-refractivity contribution in [3.05, 3.63) is 52.4 Å². The number of hydrogen-bond acceptors (Lipinski definition) is 5. The molecule has 1 saturated heterocycles. The van der Waals surface area contributed by atoms with Crippen LogP contribution in [0.5, 0.6) is 0 Å². The molecule has 7 heteroatoms. The highest BCUT2D eigenvalue weighted by Crippen LogP contribution is 2.19. The number of morpholine rings is 1. The van der Waals surface area contributed by atoms with E-state index in [-0.39, 0.29) is 23.4 Å². The van der Waals surface area contributed by atoms with Crippen LogP contribution in [0.15, 0.2) is 41.2 Å². The van der Waals surface area contributed by atoms with Crippen LogP contribution in [0.25, 0.3) is 0 Å². The van der Waals surface area contributed by atoms with E-state index in [1.165, 1.54) is 10.7 Å². The van der Waals surface area contributed by atoms with Crippen LogP contribution in [0, 0.1) is 0 Å². The van der Waals surface area contributed by atoms with Gasteiger partial charge in [-0.15, -0.1) is 0 Å². The Bertz CT molecular complexity index is 847. The van der Waals surface area contributed by atoms with Crippen molar-refractivity contribution in [1.29, 1.82) is 0 Å². The molecule has 0 radical (unpaired) electrons. The molecule has 1 aromatic carbocycles. The van der Waals surface area contributed by atoms with E-state index in [9.17, 15) is 9.59 Å². The van der Waals surface area contributed by atoms with Crippen LogP contribution in [0.3, 0.4) is 0 Å². The van der Waals surface area contributed by atoms with Crippen molar-refractivity contribution in [2.75, 3.05) is 36.5 Å². The molecule has 144 valence electrons. The molecule has 1 N–H and O–H groups in total. The molecule has 1 aliphatic heterocycles. The first-order valence-corrected chi connectivity index (χ1v) is 9.14. The third kappa shape index (κ3) is 4.95. The van der Waals surface area contributed by atoms with Gasteiger partial charge in [0.25, 0.3) is 5.56 Å². The number of anilines is 2. The molecule has 0 bridgehead atoms. The molecule has 0 unspecified atom stereocenters. The molecule has 1 aliphatic rings. The maximum atomic E-state index is 12.3. The molecule has 3 rings (SSSR count). The van der Waals surface area contributed by atoms with Crippen molar-refractivity contribution < 1.29 is 9.53 Å².